The molecule has 2 nitrogen and oxygen atoms in total. The van der Waals surface area contributed by atoms with Crippen molar-refractivity contribution in [2.75, 3.05) is 6.67 Å². The SMILES string of the molecule is Cc1cnc2c(c1)[nH]c1cc(CCCCF)ccc12. The lowest BCUT2D eigenvalue weighted by molar-refractivity contribution is 0.462. The minimum absolute atomic E-state index is 0.224. The molecule has 0 unspecified atom stereocenters. The quantitative estimate of drug-likeness (QED) is 0.692. The molecule has 0 saturated heterocycles. The fourth-order valence-electron chi connectivity index (χ4n) is 2.50. The zero-order chi connectivity index (χ0) is 13.2. The van der Waals surface area contributed by atoms with Gasteiger partial charge >= 0.3 is 0 Å². The van der Waals surface area contributed by atoms with Gasteiger partial charge < -0.3 is 4.98 Å². The molecule has 0 saturated carbocycles. The number of aromatic amines is 1. The second kappa shape index (κ2) is 5.00. The Balaban J connectivity index is 2.01. The number of nitrogens with one attached hydrogen (secondary N) is 1. The van der Waals surface area contributed by atoms with Crippen molar-refractivity contribution in [1.82, 2.24) is 9.97 Å². The molecular formula is C16H17FN2. The lowest BCUT2D eigenvalue weighted by Gasteiger charge is -2.00. The van der Waals surface area contributed by atoms with E-state index < -0.39 is 0 Å². The topological polar surface area (TPSA) is 28.7 Å². The summed E-state index contributed by atoms with van der Waals surface area (Å²) in [7, 11) is 0. The van der Waals surface area contributed by atoms with Crippen molar-refractivity contribution in [3.8, 4) is 0 Å². The summed E-state index contributed by atoms with van der Waals surface area (Å²) < 4.78 is 12.1. The van der Waals surface area contributed by atoms with E-state index in [1.54, 1.807) is 0 Å². The maximum atomic E-state index is 12.1. The number of aryl methyl sites for hydroxylation is 2. The molecule has 1 aromatic carbocycles. The van der Waals surface area contributed by atoms with Gasteiger partial charge in [-0.1, -0.05) is 12.1 Å². The van der Waals surface area contributed by atoms with Gasteiger partial charge in [-0.3, -0.25) is 9.37 Å². The van der Waals surface area contributed by atoms with Crippen molar-refractivity contribution in [3.63, 3.8) is 0 Å². The molecule has 98 valence electrons. The van der Waals surface area contributed by atoms with Crippen LogP contribution in [0.15, 0.2) is 30.5 Å². The minimum atomic E-state index is -0.224. The molecule has 0 spiro atoms. The lowest BCUT2D eigenvalue weighted by atomic mass is 10.1. The highest BCUT2D eigenvalue weighted by Crippen LogP contribution is 2.25. The van der Waals surface area contributed by atoms with E-state index in [0.29, 0.717) is 6.42 Å². The third-order valence-electron chi connectivity index (χ3n) is 3.48. The molecule has 0 atom stereocenters. The predicted octanol–water partition coefficient (Wildman–Crippen LogP) is 4.32. The third-order valence-corrected chi connectivity index (χ3v) is 3.48. The molecule has 3 rings (SSSR count). The number of aromatic nitrogens is 2. The highest BCUT2D eigenvalue weighted by molar-refractivity contribution is 6.04. The Morgan fingerprint density at radius 3 is 2.89 bits per heavy atom. The Hall–Kier alpha value is -1.90. The summed E-state index contributed by atoms with van der Waals surface area (Å²) in [6.45, 7) is 1.82. The highest BCUT2D eigenvalue weighted by Gasteiger charge is 2.06. The van der Waals surface area contributed by atoms with Crippen LogP contribution in [0.3, 0.4) is 0 Å². The summed E-state index contributed by atoms with van der Waals surface area (Å²) in [5.74, 6) is 0. The summed E-state index contributed by atoms with van der Waals surface area (Å²) >= 11 is 0. The number of benzene rings is 1. The summed E-state index contributed by atoms with van der Waals surface area (Å²) in [5, 5.41) is 1.16. The number of hydrogen-bond donors (Lipinski definition) is 1. The molecule has 0 fully saturated rings. The van der Waals surface area contributed by atoms with Crippen LogP contribution in [0.1, 0.15) is 24.0 Å². The van der Waals surface area contributed by atoms with Crippen molar-refractivity contribution in [1.29, 1.82) is 0 Å². The standard InChI is InChI=1S/C16H17FN2/c1-11-8-15-16(18-10-11)13-6-5-12(4-2-3-7-17)9-14(13)19-15/h5-6,8-10,19H,2-4,7H2,1H3. The van der Waals surface area contributed by atoms with Gasteiger partial charge in [-0.05, 0) is 49.4 Å². The van der Waals surface area contributed by atoms with Crippen LogP contribution in [-0.4, -0.2) is 16.6 Å². The monoisotopic (exact) mass is 256 g/mol. The molecule has 0 aliphatic carbocycles. The van der Waals surface area contributed by atoms with Crippen LogP contribution in [0.2, 0.25) is 0 Å². The van der Waals surface area contributed by atoms with E-state index in [1.165, 1.54) is 5.56 Å². The van der Waals surface area contributed by atoms with Gasteiger partial charge in [0.15, 0.2) is 0 Å². The molecule has 19 heavy (non-hydrogen) atoms. The molecule has 0 aliphatic rings. The zero-order valence-electron chi connectivity index (χ0n) is 11.0. The van der Waals surface area contributed by atoms with Gasteiger partial charge in [0.2, 0.25) is 0 Å². The molecule has 0 amide bonds. The summed E-state index contributed by atoms with van der Waals surface area (Å²) in [6, 6.07) is 8.51. The van der Waals surface area contributed by atoms with E-state index in [9.17, 15) is 4.39 Å². The second-order valence-corrected chi connectivity index (χ2v) is 5.06. The van der Waals surface area contributed by atoms with Crippen LogP contribution in [0.5, 0.6) is 0 Å². The average molecular weight is 256 g/mol. The van der Waals surface area contributed by atoms with Crippen molar-refractivity contribution in [2.45, 2.75) is 26.2 Å². The Kier molecular flexibility index (Phi) is 3.20. The number of pyridine rings is 1. The molecule has 2 heterocycles. The molecule has 3 aromatic rings. The first kappa shape index (κ1) is 12.2. The van der Waals surface area contributed by atoms with E-state index >= 15 is 0 Å². The average Bonchev–Trinajstić information content (AvgIpc) is 2.75. The van der Waals surface area contributed by atoms with Crippen molar-refractivity contribution < 1.29 is 4.39 Å². The Bertz CT molecular complexity index is 715. The van der Waals surface area contributed by atoms with Crippen LogP contribution in [-0.2, 0) is 6.42 Å². The highest BCUT2D eigenvalue weighted by atomic mass is 19.1. The van der Waals surface area contributed by atoms with E-state index in [1.807, 2.05) is 13.1 Å². The van der Waals surface area contributed by atoms with E-state index in [2.05, 4.69) is 34.2 Å². The number of hydrogen-bond acceptors (Lipinski definition) is 1. The first-order chi connectivity index (χ1) is 9.28. The predicted molar refractivity (Wildman–Crippen MR) is 77.2 cm³/mol. The molecule has 0 aliphatic heterocycles. The van der Waals surface area contributed by atoms with E-state index in [-0.39, 0.29) is 6.67 Å². The molecular weight excluding hydrogens is 239 g/mol. The summed E-state index contributed by atoms with van der Waals surface area (Å²) in [4.78, 5) is 7.91. The fourth-order valence-corrected chi connectivity index (χ4v) is 2.50. The number of fused-ring (bicyclic) bond motifs is 3. The summed E-state index contributed by atoms with van der Waals surface area (Å²) in [6.07, 6.45) is 4.37. The third kappa shape index (κ3) is 2.33. The Labute approximate surface area is 111 Å². The van der Waals surface area contributed by atoms with Crippen molar-refractivity contribution >= 4 is 21.9 Å². The second-order valence-electron chi connectivity index (χ2n) is 5.06. The van der Waals surface area contributed by atoms with E-state index in [4.69, 9.17) is 0 Å². The number of H-pyrrole nitrogens is 1. The van der Waals surface area contributed by atoms with Crippen molar-refractivity contribution in [2.24, 2.45) is 0 Å². The number of halogens is 1. The minimum Gasteiger partial charge on any atom is -0.353 e. The van der Waals surface area contributed by atoms with Crippen LogP contribution in [0, 0.1) is 6.92 Å². The number of nitrogens with zero attached hydrogens (tertiary/aromatic N) is 1. The number of rotatable bonds is 4. The largest absolute Gasteiger partial charge is 0.353 e. The molecule has 1 N–H and O–H groups in total. The molecule has 0 bridgehead atoms. The van der Waals surface area contributed by atoms with Gasteiger partial charge in [-0.2, -0.15) is 0 Å². The first-order valence-electron chi connectivity index (χ1n) is 6.71. The van der Waals surface area contributed by atoms with Crippen LogP contribution >= 0.6 is 0 Å². The number of unbranched alkanes of at least 4 members (excludes halogenated alkanes) is 1. The maximum absolute atomic E-state index is 12.1. The lowest BCUT2D eigenvalue weighted by Crippen LogP contribution is -1.86. The van der Waals surface area contributed by atoms with Crippen molar-refractivity contribution in [3.05, 3.63) is 41.6 Å². The fraction of sp³-hybridized carbons (Fsp3) is 0.312. The number of alkyl halides is 1. The van der Waals surface area contributed by atoms with Gasteiger partial charge in [0.25, 0.3) is 0 Å². The maximum Gasteiger partial charge on any atom is 0.0957 e. The van der Waals surface area contributed by atoms with Gasteiger partial charge in [-0.15, -0.1) is 0 Å². The van der Waals surface area contributed by atoms with Crippen LogP contribution in [0.25, 0.3) is 21.9 Å². The van der Waals surface area contributed by atoms with E-state index in [0.717, 1.165) is 40.3 Å². The van der Waals surface area contributed by atoms with Gasteiger partial charge in [0.1, 0.15) is 0 Å². The smallest absolute Gasteiger partial charge is 0.0957 e. The Morgan fingerprint density at radius 1 is 1.16 bits per heavy atom. The van der Waals surface area contributed by atoms with Crippen LogP contribution in [0.4, 0.5) is 4.39 Å². The summed E-state index contributed by atoms with van der Waals surface area (Å²) in [5.41, 5.74) is 5.63. The van der Waals surface area contributed by atoms with Gasteiger partial charge in [-0.25, -0.2) is 0 Å². The zero-order valence-corrected chi connectivity index (χ0v) is 11.0. The van der Waals surface area contributed by atoms with Gasteiger partial charge in [0, 0.05) is 17.1 Å². The molecule has 0 radical (unpaired) electrons. The van der Waals surface area contributed by atoms with Gasteiger partial charge in [0.05, 0.1) is 17.7 Å². The Morgan fingerprint density at radius 2 is 2.05 bits per heavy atom. The first-order valence-corrected chi connectivity index (χ1v) is 6.71. The molecule has 3 heteroatoms. The normalized spacial score (nSPS) is 11.5. The van der Waals surface area contributed by atoms with Crippen LogP contribution < -0.4 is 0 Å². The molecule has 2 aromatic heterocycles.